The second kappa shape index (κ2) is 6.17. The Morgan fingerprint density at radius 1 is 1.13 bits per heavy atom. The Bertz CT molecular complexity index is 274. The largest absolute Gasteiger partial charge is 0.126 e. The van der Waals surface area contributed by atoms with Crippen LogP contribution >= 0.6 is 11.6 Å². The minimum absolute atomic E-state index is 0.488. The first kappa shape index (κ1) is 12.6. The molecule has 1 unspecified atom stereocenters. The summed E-state index contributed by atoms with van der Waals surface area (Å²) in [5.41, 5.74) is 2.80. The van der Waals surface area contributed by atoms with Crippen LogP contribution in [0.3, 0.4) is 0 Å². The average Bonchev–Trinajstić information content (AvgIpc) is 2.21. The summed E-state index contributed by atoms with van der Waals surface area (Å²) in [6.07, 6.45) is 2.38. The molecule has 1 atom stereocenters. The van der Waals surface area contributed by atoms with Gasteiger partial charge in [0.2, 0.25) is 0 Å². The van der Waals surface area contributed by atoms with Crippen LogP contribution in [0.4, 0.5) is 0 Å². The molecule has 0 aliphatic rings. The number of hydrogen-bond donors (Lipinski definition) is 0. The van der Waals surface area contributed by atoms with Crippen molar-refractivity contribution in [1.29, 1.82) is 0 Å². The molecule has 0 aliphatic heterocycles. The van der Waals surface area contributed by atoms with Crippen LogP contribution in [-0.2, 0) is 6.42 Å². The molecule has 0 amide bonds. The molecule has 0 nitrogen and oxygen atoms in total. The van der Waals surface area contributed by atoms with E-state index in [0.717, 1.165) is 0 Å². The fourth-order valence-corrected chi connectivity index (χ4v) is 2.41. The highest BCUT2D eigenvalue weighted by Crippen LogP contribution is 2.26. The Balaban J connectivity index is 2.77. The van der Waals surface area contributed by atoms with E-state index < -0.39 is 0 Å². The first-order chi connectivity index (χ1) is 7.19. The van der Waals surface area contributed by atoms with Crippen molar-refractivity contribution in [3.05, 3.63) is 35.4 Å². The lowest BCUT2D eigenvalue weighted by atomic mass is 9.89. The van der Waals surface area contributed by atoms with Gasteiger partial charge in [0.05, 0.1) is 0 Å². The smallest absolute Gasteiger partial charge is 0.0294 e. The maximum absolute atomic E-state index is 6.00. The minimum Gasteiger partial charge on any atom is -0.126 e. The molecule has 0 spiro atoms. The molecule has 0 saturated carbocycles. The molecule has 0 N–H and O–H groups in total. The number of benzene rings is 1. The fourth-order valence-electron chi connectivity index (χ4n) is 1.87. The van der Waals surface area contributed by atoms with Gasteiger partial charge in [0.15, 0.2) is 0 Å². The van der Waals surface area contributed by atoms with E-state index in [9.17, 15) is 0 Å². The summed E-state index contributed by atoms with van der Waals surface area (Å²) < 4.78 is 0. The van der Waals surface area contributed by atoms with Crippen LogP contribution in [0.25, 0.3) is 0 Å². The molecule has 0 radical (unpaired) electrons. The molecule has 0 heterocycles. The summed E-state index contributed by atoms with van der Waals surface area (Å²) in [6, 6.07) is 8.94. The van der Waals surface area contributed by atoms with E-state index in [1.165, 1.54) is 24.0 Å². The maximum atomic E-state index is 6.00. The van der Waals surface area contributed by atoms with Crippen molar-refractivity contribution in [3.63, 3.8) is 0 Å². The topological polar surface area (TPSA) is 0 Å². The van der Waals surface area contributed by atoms with Crippen molar-refractivity contribution in [3.8, 4) is 0 Å². The normalized spacial score (nSPS) is 13.1. The van der Waals surface area contributed by atoms with Crippen molar-refractivity contribution in [1.82, 2.24) is 0 Å². The zero-order valence-corrected chi connectivity index (χ0v) is 10.7. The van der Waals surface area contributed by atoms with E-state index in [-0.39, 0.29) is 0 Å². The van der Waals surface area contributed by atoms with Crippen molar-refractivity contribution in [2.24, 2.45) is 5.92 Å². The van der Waals surface area contributed by atoms with Gasteiger partial charge in [-0.05, 0) is 29.4 Å². The fraction of sp³-hybridized carbons (Fsp3) is 0.571. The quantitative estimate of drug-likeness (QED) is 0.641. The summed E-state index contributed by atoms with van der Waals surface area (Å²) in [6.45, 7) is 6.67. The SMILES string of the molecule is CCCc1ccc(C(CCl)C(C)C)cc1. The third-order valence-electron chi connectivity index (χ3n) is 2.92. The van der Waals surface area contributed by atoms with Gasteiger partial charge in [0, 0.05) is 5.88 Å². The van der Waals surface area contributed by atoms with Gasteiger partial charge in [-0.3, -0.25) is 0 Å². The number of hydrogen-bond acceptors (Lipinski definition) is 0. The van der Waals surface area contributed by atoms with Crippen molar-refractivity contribution in [2.75, 3.05) is 5.88 Å². The number of aryl methyl sites for hydroxylation is 1. The first-order valence-electron chi connectivity index (χ1n) is 5.83. The number of alkyl halides is 1. The summed E-state index contributed by atoms with van der Waals surface area (Å²) >= 11 is 6.00. The van der Waals surface area contributed by atoms with Gasteiger partial charge >= 0.3 is 0 Å². The lowest BCUT2D eigenvalue weighted by Gasteiger charge is -2.18. The highest BCUT2D eigenvalue weighted by Gasteiger charge is 2.13. The Kier molecular flexibility index (Phi) is 5.17. The van der Waals surface area contributed by atoms with Crippen molar-refractivity contribution < 1.29 is 0 Å². The second-order valence-corrected chi connectivity index (χ2v) is 4.81. The minimum atomic E-state index is 0.488. The molecule has 0 aliphatic carbocycles. The van der Waals surface area contributed by atoms with Gasteiger partial charge in [-0.15, -0.1) is 11.6 Å². The van der Waals surface area contributed by atoms with Crippen molar-refractivity contribution >= 4 is 11.6 Å². The standard InChI is InChI=1S/C14H21Cl/c1-4-5-12-6-8-13(9-7-12)14(10-15)11(2)3/h6-9,11,14H,4-5,10H2,1-3H3. The Morgan fingerprint density at radius 2 is 1.73 bits per heavy atom. The van der Waals surface area contributed by atoms with Crippen LogP contribution < -0.4 is 0 Å². The molecule has 0 bridgehead atoms. The number of halogens is 1. The predicted molar refractivity (Wildman–Crippen MR) is 68.7 cm³/mol. The van der Waals surface area contributed by atoms with E-state index in [1.807, 2.05) is 0 Å². The molecule has 0 fully saturated rings. The van der Waals surface area contributed by atoms with Crippen LogP contribution in [0.15, 0.2) is 24.3 Å². The highest BCUT2D eigenvalue weighted by molar-refractivity contribution is 6.18. The lowest BCUT2D eigenvalue weighted by Crippen LogP contribution is -2.08. The van der Waals surface area contributed by atoms with Gasteiger partial charge in [0.25, 0.3) is 0 Å². The predicted octanol–water partition coefficient (Wildman–Crippen LogP) is 4.62. The van der Waals surface area contributed by atoms with Gasteiger partial charge < -0.3 is 0 Å². The molecule has 15 heavy (non-hydrogen) atoms. The summed E-state index contributed by atoms with van der Waals surface area (Å²) in [5.74, 6) is 1.81. The Morgan fingerprint density at radius 3 is 2.13 bits per heavy atom. The molecule has 0 saturated heterocycles. The summed E-state index contributed by atoms with van der Waals surface area (Å²) in [5, 5.41) is 0. The molecular formula is C14H21Cl. The van der Waals surface area contributed by atoms with Crippen LogP contribution in [0.1, 0.15) is 44.2 Å². The average molecular weight is 225 g/mol. The van der Waals surface area contributed by atoms with E-state index >= 15 is 0 Å². The van der Waals surface area contributed by atoms with E-state index in [2.05, 4.69) is 45.0 Å². The molecule has 1 rings (SSSR count). The van der Waals surface area contributed by atoms with Gasteiger partial charge in [0.1, 0.15) is 0 Å². The van der Waals surface area contributed by atoms with Crippen LogP contribution in [0, 0.1) is 5.92 Å². The van der Waals surface area contributed by atoms with Gasteiger partial charge in [-0.2, -0.15) is 0 Å². The Hall–Kier alpha value is -0.490. The maximum Gasteiger partial charge on any atom is 0.0294 e. The first-order valence-corrected chi connectivity index (χ1v) is 6.37. The molecule has 84 valence electrons. The monoisotopic (exact) mass is 224 g/mol. The molecule has 0 aromatic heterocycles. The van der Waals surface area contributed by atoms with Gasteiger partial charge in [-0.1, -0.05) is 51.5 Å². The second-order valence-electron chi connectivity index (χ2n) is 4.50. The van der Waals surface area contributed by atoms with Crippen LogP contribution in [0.5, 0.6) is 0 Å². The van der Waals surface area contributed by atoms with E-state index in [1.54, 1.807) is 0 Å². The summed E-state index contributed by atoms with van der Waals surface area (Å²) in [7, 11) is 0. The molecule has 1 aromatic carbocycles. The Labute approximate surface area is 98.7 Å². The molecule has 1 heteroatoms. The van der Waals surface area contributed by atoms with Crippen LogP contribution in [0.2, 0.25) is 0 Å². The number of rotatable bonds is 5. The molecular weight excluding hydrogens is 204 g/mol. The van der Waals surface area contributed by atoms with E-state index in [0.29, 0.717) is 17.7 Å². The van der Waals surface area contributed by atoms with Gasteiger partial charge in [-0.25, -0.2) is 0 Å². The summed E-state index contributed by atoms with van der Waals surface area (Å²) in [4.78, 5) is 0. The zero-order valence-electron chi connectivity index (χ0n) is 9.96. The highest BCUT2D eigenvalue weighted by atomic mass is 35.5. The third-order valence-corrected chi connectivity index (χ3v) is 3.25. The lowest BCUT2D eigenvalue weighted by molar-refractivity contribution is 0.539. The molecule has 1 aromatic rings. The zero-order chi connectivity index (χ0) is 11.3. The third kappa shape index (κ3) is 3.53. The van der Waals surface area contributed by atoms with Crippen molar-refractivity contribution in [2.45, 2.75) is 39.5 Å². The van der Waals surface area contributed by atoms with Crippen LogP contribution in [-0.4, -0.2) is 5.88 Å². The van der Waals surface area contributed by atoms with E-state index in [4.69, 9.17) is 11.6 Å².